The van der Waals surface area contributed by atoms with E-state index in [2.05, 4.69) is 15.9 Å². The maximum Gasteiger partial charge on any atom is 0.331 e. The monoisotopic (exact) mass is 384 g/mol. The molecule has 0 atom stereocenters. The second kappa shape index (κ2) is 7.27. The molecule has 0 saturated heterocycles. The highest BCUT2D eigenvalue weighted by molar-refractivity contribution is 9.10. The summed E-state index contributed by atoms with van der Waals surface area (Å²) >= 11 is 3.39. The summed E-state index contributed by atoms with van der Waals surface area (Å²) in [4.78, 5) is 23.8. The molecule has 120 valence electrons. The zero-order valence-electron chi connectivity index (χ0n) is 12.6. The number of fused-ring (bicyclic) bond motifs is 1. The number of ketones is 1. The van der Waals surface area contributed by atoms with Crippen LogP contribution < -0.4 is 0 Å². The average molecular weight is 385 g/mol. The first-order valence-electron chi connectivity index (χ1n) is 7.24. The molecule has 0 spiro atoms. The first-order chi connectivity index (χ1) is 11.6. The first kappa shape index (κ1) is 16.2. The van der Waals surface area contributed by atoms with E-state index in [0.717, 1.165) is 15.4 Å². The zero-order valence-corrected chi connectivity index (χ0v) is 14.2. The van der Waals surface area contributed by atoms with Gasteiger partial charge in [-0.05, 0) is 29.8 Å². The van der Waals surface area contributed by atoms with Gasteiger partial charge in [0.05, 0.1) is 0 Å². The number of rotatable bonds is 5. The van der Waals surface area contributed by atoms with Gasteiger partial charge in [-0.15, -0.1) is 0 Å². The fourth-order valence-corrected chi connectivity index (χ4v) is 2.56. The molecule has 4 nitrogen and oxygen atoms in total. The lowest BCUT2D eigenvalue weighted by molar-refractivity contribution is -0.136. The van der Waals surface area contributed by atoms with Crippen LogP contribution in [0.5, 0.6) is 0 Å². The van der Waals surface area contributed by atoms with Crippen molar-refractivity contribution >= 4 is 44.7 Å². The molecule has 1 heterocycles. The molecule has 0 saturated carbocycles. The molecule has 0 aliphatic heterocycles. The van der Waals surface area contributed by atoms with E-state index in [-0.39, 0.29) is 18.2 Å². The number of halogens is 1. The second-order valence-electron chi connectivity index (χ2n) is 5.03. The zero-order chi connectivity index (χ0) is 16.9. The predicted octanol–water partition coefficient (Wildman–Crippen LogP) is 4.63. The molecule has 0 aliphatic rings. The summed E-state index contributed by atoms with van der Waals surface area (Å²) in [6.45, 7) is -0.362. The van der Waals surface area contributed by atoms with Crippen LogP contribution in [0.15, 0.2) is 69.6 Å². The van der Waals surface area contributed by atoms with E-state index >= 15 is 0 Å². The number of carbonyl (C=O) groups excluding carboxylic acids is 2. The fourth-order valence-electron chi connectivity index (χ4n) is 2.14. The molecule has 0 bridgehead atoms. The van der Waals surface area contributed by atoms with Crippen molar-refractivity contribution in [2.45, 2.75) is 0 Å². The summed E-state index contributed by atoms with van der Waals surface area (Å²) in [5, 5.41) is 0.834. The van der Waals surface area contributed by atoms with Crippen molar-refractivity contribution in [1.29, 1.82) is 0 Å². The highest BCUT2D eigenvalue weighted by atomic mass is 79.9. The molecule has 2 aromatic carbocycles. The third-order valence-electron chi connectivity index (χ3n) is 3.35. The molecule has 0 radical (unpaired) electrons. The van der Waals surface area contributed by atoms with E-state index < -0.39 is 5.97 Å². The molecule has 24 heavy (non-hydrogen) atoms. The first-order valence-corrected chi connectivity index (χ1v) is 8.04. The quantitative estimate of drug-likeness (QED) is 0.365. The van der Waals surface area contributed by atoms with Crippen molar-refractivity contribution in [2.24, 2.45) is 0 Å². The molecule has 5 heteroatoms. The lowest BCUT2D eigenvalue weighted by atomic mass is 10.2. The van der Waals surface area contributed by atoms with Gasteiger partial charge >= 0.3 is 5.97 Å². The number of para-hydroxylation sites is 1. The van der Waals surface area contributed by atoms with Crippen LogP contribution in [0.1, 0.15) is 16.1 Å². The normalized spacial score (nSPS) is 11.0. The topological polar surface area (TPSA) is 56.5 Å². The van der Waals surface area contributed by atoms with Crippen molar-refractivity contribution in [3.63, 3.8) is 0 Å². The Morgan fingerprint density at radius 1 is 1.08 bits per heavy atom. The van der Waals surface area contributed by atoms with Gasteiger partial charge in [0, 0.05) is 15.9 Å². The van der Waals surface area contributed by atoms with E-state index in [0.29, 0.717) is 5.58 Å². The van der Waals surface area contributed by atoms with Crippen LogP contribution in [0.2, 0.25) is 0 Å². The second-order valence-corrected chi connectivity index (χ2v) is 5.89. The minimum Gasteiger partial charge on any atom is -0.454 e. The number of Topliss-reactive ketones (excluding diaryl/α,β-unsaturated/α-hetero) is 1. The summed E-state index contributed by atoms with van der Waals surface area (Å²) in [6, 6.07) is 16.4. The standard InChI is InChI=1S/C19H13BrO4/c20-15-7-3-1-5-13(15)9-10-19(22)23-12-16(21)18-11-14-6-2-4-8-17(14)24-18/h1-11H,12H2/b10-9+. The van der Waals surface area contributed by atoms with Crippen molar-refractivity contribution in [1.82, 2.24) is 0 Å². The smallest absolute Gasteiger partial charge is 0.331 e. The molecule has 0 fully saturated rings. The molecule has 0 aliphatic carbocycles. The van der Waals surface area contributed by atoms with Gasteiger partial charge < -0.3 is 9.15 Å². The molecule has 0 N–H and O–H groups in total. The van der Waals surface area contributed by atoms with Crippen LogP contribution in [-0.2, 0) is 9.53 Å². The van der Waals surface area contributed by atoms with Crippen LogP contribution in [0, 0.1) is 0 Å². The van der Waals surface area contributed by atoms with E-state index in [1.54, 1.807) is 18.2 Å². The maximum atomic E-state index is 12.0. The highest BCUT2D eigenvalue weighted by Gasteiger charge is 2.13. The molecule has 3 aromatic rings. The van der Waals surface area contributed by atoms with Crippen LogP contribution in [0.4, 0.5) is 0 Å². The third kappa shape index (κ3) is 3.81. The molecule has 0 amide bonds. The van der Waals surface area contributed by atoms with E-state index in [1.165, 1.54) is 6.08 Å². The van der Waals surface area contributed by atoms with Gasteiger partial charge in [-0.2, -0.15) is 0 Å². The predicted molar refractivity (Wildman–Crippen MR) is 94.7 cm³/mol. The summed E-state index contributed by atoms with van der Waals surface area (Å²) < 4.78 is 11.3. The van der Waals surface area contributed by atoms with E-state index in [4.69, 9.17) is 9.15 Å². The Hall–Kier alpha value is -2.66. The number of ether oxygens (including phenoxy) is 1. The lowest BCUT2D eigenvalue weighted by Gasteiger charge is -2.00. The average Bonchev–Trinajstić information content (AvgIpc) is 3.03. The Morgan fingerprint density at radius 3 is 2.62 bits per heavy atom. The number of hydrogen-bond acceptors (Lipinski definition) is 4. The molecule has 1 aromatic heterocycles. The lowest BCUT2D eigenvalue weighted by Crippen LogP contribution is -2.11. The number of carbonyl (C=O) groups is 2. The Bertz CT molecular complexity index is 891. The number of benzene rings is 2. The van der Waals surface area contributed by atoms with Gasteiger partial charge in [-0.3, -0.25) is 4.79 Å². The molecular weight excluding hydrogens is 372 g/mol. The Labute approximate surface area is 146 Å². The Balaban J connectivity index is 1.59. The van der Waals surface area contributed by atoms with Gasteiger partial charge in [0.1, 0.15) is 5.58 Å². The molecule has 3 rings (SSSR count). The van der Waals surface area contributed by atoms with Crippen molar-refractivity contribution in [3.05, 3.63) is 76.5 Å². The van der Waals surface area contributed by atoms with Gasteiger partial charge in [-0.25, -0.2) is 4.79 Å². The summed E-state index contributed by atoms with van der Waals surface area (Å²) in [5.41, 5.74) is 1.47. The Morgan fingerprint density at radius 2 is 1.83 bits per heavy atom. The SMILES string of the molecule is O=C(/C=C/c1ccccc1Br)OCC(=O)c1cc2ccccc2o1. The number of furan rings is 1. The van der Waals surface area contributed by atoms with Crippen LogP contribution in [0.3, 0.4) is 0 Å². The molecule has 0 unspecified atom stereocenters. The van der Waals surface area contributed by atoms with Crippen LogP contribution in [-0.4, -0.2) is 18.4 Å². The van der Waals surface area contributed by atoms with Gasteiger partial charge in [0.2, 0.25) is 5.78 Å². The fraction of sp³-hybridized carbons (Fsp3) is 0.0526. The van der Waals surface area contributed by atoms with Gasteiger partial charge in [0.25, 0.3) is 0 Å². The van der Waals surface area contributed by atoms with E-state index in [9.17, 15) is 9.59 Å². The van der Waals surface area contributed by atoms with E-state index in [1.807, 2.05) is 42.5 Å². The summed E-state index contributed by atoms with van der Waals surface area (Å²) in [5.74, 6) is -0.789. The largest absolute Gasteiger partial charge is 0.454 e. The van der Waals surface area contributed by atoms with Crippen LogP contribution >= 0.6 is 15.9 Å². The molecular formula is C19H13BrO4. The van der Waals surface area contributed by atoms with Gasteiger partial charge in [-0.1, -0.05) is 52.3 Å². The number of hydrogen-bond donors (Lipinski definition) is 0. The minimum atomic E-state index is -0.588. The third-order valence-corrected chi connectivity index (χ3v) is 4.07. The summed E-state index contributed by atoms with van der Waals surface area (Å²) in [7, 11) is 0. The Kier molecular flexibility index (Phi) is 4.91. The maximum absolute atomic E-state index is 12.0. The van der Waals surface area contributed by atoms with Crippen LogP contribution in [0.25, 0.3) is 17.0 Å². The van der Waals surface area contributed by atoms with Crippen molar-refractivity contribution in [3.8, 4) is 0 Å². The highest BCUT2D eigenvalue weighted by Crippen LogP contribution is 2.19. The van der Waals surface area contributed by atoms with Crippen molar-refractivity contribution < 1.29 is 18.7 Å². The number of esters is 1. The van der Waals surface area contributed by atoms with Crippen molar-refractivity contribution in [2.75, 3.05) is 6.61 Å². The minimum absolute atomic E-state index is 0.179. The van der Waals surface area contributed by atoms with Gasteiger partial charge in [0.15, 0.2) is 12.4 Å². The summed E-state index contributed by atoms with van der Waals surface area (Å²) in [6.07, 6.45) is 2.91.